The molecule has 1 saturated heterocycles. The molecule has 4 nitrogen and oxygen atoms in total. The molecule has 0 saturated carbocycles. The number of methoxy groups -OCH3 is 1. The molecule has 1 heterocycles. The summed E-state index contributed by atoms with van der Waals surface area (Å²) in [5, 5.41) is 8.90. The van der Waals surface area contributed by atoms with Crippen LogP contribution in [-0.2, 0) is 9.53 Å². The number of alkyl halides is 3. The molecule has 15 heavy (non-hydrogen) atoms. The maximum atomic E-state index is 12.5. The molecule has 0 spiro atoms. The number of β-amino-alcohol motifs (C(OH)–C–C–N with tert-alkyl or cyclic N) is 1. The summed E-state index contributed by atoms with van der Waals surface area (Å²) in [6, 6.07) is -1.85. The van der Waals surface area contributed by atoms with Gasteiger partial charge in [0.1, 0.15) is 6.04 Å². The van der Waals surface area contributed by atoms with Crippen LogP contribution in [0.3, 0.4) is 0 Å². The first-order valence-electron chi connectivity index (χ1n) is 4.40. The Hall–Kier alpha value is -0.820. The summed E-state index contributed by atoms with van der Waals surface area (Å²) in [6.45, 7) is -0.109. The van der Waals surface area contributed by atoms with Crippen LogP contribution in [0.2, 0.25) is 0 Å². The first-order chi connectivity index (χ1) is 6.84. The maximum Gasteiger partial charge on any atom is 0.404 e. The number of aliphatic hydroxyl groups is 1. The van der Waals surface area contributed by atoms with Gasteiger partial charge in [-0.1, -0.05) is 0 Å². The van der Waals surface area contributed by atoms with Gasteiger partial charge in [0.25, 0.3) is 0 Å². The number of hydrogen-bond donors (Lipinski definition) is 1. The van der Waals surface area contributed by atoms with Gasteiger partial charge in [0.15, 0.2) is 0 Å². The molecule has 0 amide bonds. The summed E-state index contributed by atoms with van der Waals surface area (Å²) < 4.78 is 41.6. The smallest absolute Gasteiger partial charge is 0.404 e. The Labute approximate surface area is 84.6 Å². The molecule has 0 aromatic heterocycles. The highest BCUT2D eigenvalue weighted by Gasteiger charge is 2.48. The van der Waals surface area contributed by atoms with Crippen molar-refractivity contribution in [2.45, 2.75) is 24.7 Å². The fourth-order valence-electron chi connectivity index (χ4n) is 1.44. The van der Waals surface area contributed by atoms with Gasteiger partial charge in [-0.15, -0.1) is 0 Å². The normalized spacial score (nSPS) is 20.9. The zero-order valence-corrected chi connectivity index (χ0v) is 8.12. The second kappa shape index (κ2) is 4.36. The molecule has 0 bridgehead atoms. The average Bonchev–Trinajstić information content (AvgIpc) is 2.07. The van der Waals surface area contributed by atoms with Crippen LogP contribution >= 0.6 is 0 Å². The zero-order valence-electron chi connectivity index (χ0n) is 8.12. The number of likely N-dealkylation sites (tertiary alicyclic amines) is 1. The molecule has 0 radical (unpaired) electrons. The number of rotatable bonds is 3. The second-order valence-corrected chi connectivity index (χ2v) is 3.45. The molecule has 1 rings (SSSR count). The van der Waals surface area contributed by atoms with E-state index in [1.165, 1.54) is 0 Å². The zero-order chi connectivity index (χ0) is 11.6. The lowest BCUT2D eigenvalue weighted by molar-refractivity contribution is -0.209. The first kappa shape index (κ1) is 12.3. The van der Waals surface area contributed by atoms with Crippen molar-refractivity contribution < 1.29 is 27.8 Å². The van der Waals surface area contributed by atoms with E-state index in [0.29, 0.717) is 0 Å². The van der Waals surface area contributed by atoms with Gasteiger partial charge in [-0.2, -0.15) is 13.2 Å². The summed E-state index contributed by atoms with van der Waals surface area (Å²) >= 11 is 0. The van der Waals surface area contributed by atoms with Crippen LogP contribution in [-0.4, -0.2) is 54.5 Å². The molecular formula is C8H12F3NO3. The predicted molar refractivity (Wildman–Crippen MR) is 44.1 cm³/mol. The monoisotopic (exact) mass is 227 g/mol. The van der Waals surface area contributed by atoms with E-state index in [1.54, 1.807) is 0 Å². The van der Waals surface area contributed by atoms with Crippen molar-refractivity contribution >= 4 is 5.97 Å². The van der Waals surface area contributed by atoms with Crippen molar-refractivity contribution in [3.05, 3.63) is 0 Å². The van der Waals surface area contributed by atoms with Crippen LogP contribution in [0.15, 0.2) is 0 Å². The third kappa shape index (κ3) is 3.07. The van der Waals surface area contributed by atoms with Crippen LogP contribution in [0, 0.1) is 0 Å². The number of halogens is 3. The Morgan fingerprint density at radius 3 is 2.47 bits per heavy atom. The number of carbonyl (C=O) groups is 1. The van der Waals surface area contributed by atoms with E-state index in [2.05, 4.69) is 4.74 Å². The van der Waals surface area contributed by atoms with Crippen molar-refractivity contribution in [2.24, 2.45) is 0 Å². The number of nitrogens with zero attached hydrogens (tertiary/aromatic N) is 1. The molecule has 1 unspecified atom stereocenters. The number of hydrogen-bond acceptors (Lipinski definition) is 4. The van der Waals surface area contributed by atoms with Crippen LogP contribution in [0.25, 0.3) is 0 Å². The van der Waals surface area contributed by atoms with Crippen LogP contribution in [0.4, 0.5) is 13.2 Å². The Morgan fingerprint density at radius 1 is 1.60 bits per heavy atom. The van der Waals surface area contributed by atoms with Gasteiger partial charge in [-0.25, -0.2) is 0 Å². The number of ether oxygens (including phenoxy) is 1. The Kier molecular flexibility index (Phi) is 3.56. The Morgan fingerprint density at radius 2 is 2.13 bits per heavy atom. The van der Waals surface area contributed by atoms with Gasteiger partial charge in [-0.05, 0) is 0 Å². The molecule has 1 N–H and O–H groups in total. The van der Waals surface area contributed by atoms with E-state index in [4.69, 9.17) is 5.11 Å². The minimum atomic E-state index is -4.48. The van der Waals surface area contributed by atoms with E-state index in [-0.39, 0.29) is 13.1 Å². The van der Waals surface area contributed by atoms with Crippen LogP contribution in [0.1, 0.15) is 6.42 Å². The largest absolute Gasteiger partial charge is 0.469 e. The van der Waals surface area contributed by atoms with Crippen molar-refractivity contribution in [2.75, 3.05) is 20.2 Å². The standard InChI is InChI=1S/C8H12F3NO3/c1-15-7(14)2-6(8(9,10)11)12-3-5(13)4-12/h5-6,13H,2-4H2,1H3. The summed E-state index contributed by atoms with van der Waals surface area (Å²) in [6.07, 6.45) is -5.94. The van der Waals surface area contributed by atoms with Gasteiger partial charge in [0.05, 0.1) is 19.6 Å². The molecule has 88 valence electrons. The van der Waals surface area contributed by atoms with E-state index < -0.39 is 30.7 Å². The van der Waals surface area contributed by atoms with Crippen molar-refractivity contribution in [1.29, 1.82) is 0 Å². The highest BCUT2D eigenvalue weighted by Crippen LogP contribution is 2.30. The predicted octanol–water partition coefficient (Wildman–Crippen LogP) is 0.157. The minimum absolute atomic E-state index is 0.0544. The summed E-state index contributed by atoms with van der Waals surface area (Å²) in [5.74, 6) is -0.904. The van der Waals surface area contributed by atoms with Crippen LogP contribution in [0.5, 0.6) is 0 Å². The molecule has 1 aliphatic rings. The van der Waals surface area contributed by atoms with E-state index >= 15 is 0 Å². The van der Waals surface area contributed by atoms with Crippen molar-refractivity contribution in [1.82, 2.24) is 4.90 Å². The number of carbonyl (C=O) groups excluding carboxylic acids is 1. The molecule has 7 heteroatoms. The topological polar surface area (TPSA) is 49.8 Å². The fourth-order valence-corrected chi connectivity index (χ4v) is 1.44. The quantitative estimate of drug-likeness (QED) is 0.698. The Bertz CT molecular complexity index is 238. The van der Waals surface area contributed by atoms with Crippen molar-refractivity contribution in [3.63, 3.8) is 0 Å². The summed E-state index contributed by atoms with van der Waals surface area (Å²) in [4.78, 5) is 11.8. The first-order valence-corrected chi connectivity index (χ1v) is 4.40. The molecule has 1 atom stereocenters. The highest BCUT2D eigenvalue weighted by atomic mass is 19.4. The third-order valence-corrected chi connectivity index (χ3v) is 2.30. The average molecular weight is 227 g/mol. The lowest BCUT2D eigenvalue weighted by atomic mass is 10.0. The number of esters is 1. The van der Waals surface area contributed by atoms with E-state index in [0.717, 1.165) is 12.0 Å². The van der Waals surface area contributed by atoms with E-state index in [9.17, 15) is 18.0 Å². The Balaban J connectivity index is 2.58. The van der Waals surface area contributed by atoms with Gasteiger partial charge >= 0.3 is 12.1 Å². The summed E-state index contributed by atoms with van der Waals surface area (Å²) in [5.41, 5.74) is 0. The minimum Gasteiger partial charge on any atom is -0.469 e. The van der Waals surface area contributed by atoms with Gasteiger partial charge in [0, 0.05) is 13.1 Å². The lowest BCUT2D eigenvalue weighted by Gasteiger charge is -2.41. The molecule has 1 fully saturated rings. The lowest BCUT2D eigenvalue weighted by Crippen LogP contribution is -2.60. The van der Waals surface area contributed by atoms with Gasteiger partial charge in [-0.3, -0.25) is 9.69 Å². The summed E-state index contributed by atoms with van der Waals surface area (Å²) in [7, 11) is 1.04. The van der Waals surface area contributed by atoms with Gasteiger partial charge in [0.2, 0.25) is 0 Å². The highest BCUT2D eigenvalue weighted by molar-refractivity contribution is 5.70. The maximum absolute atomic E-state index is 12.5. The van der Waals surface area contributed by atoms with Crippen LogP contribution < -0.4 is 0 Å². The van der Waals surface area contributed by atoms with Crippen molar-refractivity contribution in [3.8, 4) is 0 Å². The van der Waals surface area contributed by atoms with Gasteiger partial charge < -0.3 is 9.84 Å². The second-order valence-electron chi connectivity index (χ2n) is 3.45. The van der Waals surface area contributed by atoms with E-state index in [1.807, 2.05) is 0 Å². The molecular weight excluding hydrogens is 215 g/mol. The molecule has 0 aromatic carbocycles. The number of aliphatic hydroxyl groups excluding tert-OH is 1. The third-order valence-electron chi connectivity index (χ3n) is 2.30. The molecule has 0 aliphatic carbocycles. The fraction of sp³-hybridized carbons (Fsp3) is 0.875. The molecule has 0 aromatic rings. The SMILES string of the molecule is COC(=O)CC(N1CC(O)C1)C(F)(F)F. The molecule has 1 aliphatic heterocycles.